The van der Waals surface area contributed by atoms with Gasteiger partial charge in [-0.3, -0.25) is 10.2 Å². The van der Waals surface area contributed by atoms with E-state index in [1.54, 1.807) is 26.0 Å². The first-order valence-electron chi connectivity index (χ1n) is 2.85. The molecule has 0 saturated carbocycles. The van der Waals surface area contributed by atoms with Crippen LogP contribution in [0.3, 0.4) is 0 Å². The van der Waals surface area contributed by atoms with Gasteiger partial charge in [-0.25, -0.2) is 0 Å². The maximum absolute atomic E-state index is 9.40. The largest absolute Gasteiger partial charge is 0.362 e. The van der Waals surface area contributed by atoms with Gasteiger partial charge >= 0.3 is 0 Å². The second-order valence-corrected chi connectivity index (χ2v) is 2.17. The van der Waals surface area contributed by atoms with Crippen LogP contribution in [0.4, 0.5) is 0 Å². The van der Waals surface area contributed by atoms with E-state index >= 15 is 0 Å². The lowest BCUT2D eigenvalue weighted by Crippen LogP contribution is -2.59. The van der Waals surface area contributed by atoms with Crippen molar-refractivity contribution in [2.75, 3.05) is 27.7 Å². The molecule has 0 unspecified atom stereocenters. The third-order valence-corrected chi connectivity index (χ3v) is 1.42. The molecule has 0 aromatic carbocycles. The van der Waals surface area contributed by atoms with Crippen molar-refractivity contribution in [3.05, 3.63) is 0 Å². The Bertz CT molecular complexity index is 80.3. The molecule has 0 aromatic heterocycles. The van der Waals surface area contributed by atoms with Crippen LogP contribution in [0.15, 0.2) is 0 Å². The Morgan fingerprint density at radius 3 is 2.11 bits per heavy atom. The molecule has 0 aliphatic rings. The normalized spacial score (nSPS) is 18.0. The standard InChI is InChI=1S/C5H15N3O/c1-7-5(9,4-6)8(2)3/h7,9H,4,6H2,1-3H3/t5-/m1/s1. The van der Waals surface area contributed by atoms with Gasteiger partial charge < -0.3 is 10.8 Å². The zero-order chi connectivity index (χ0) is 7.49. The summed E-state index contributed by atoms with van der Waals surface area (Å²) in [6, 6.07) is 0. The maximum Gasteiger partial charge on any atom is 0.186 e. The Hall–Kier alpha value is -0.160. The highest BCUT2D eigenvalue weighted by atomic mass is 16.3. The van der Waals surface area contributed by atoms with E-state index in [1.807, 2.05) is 0 Å². The van der Waals surface area contributed by atoms with Crippen molar-refractivity contribution in [2.24, 2.45) is 5.73 Å². The highest BCUT2D eigenvalue weighted by Crippen LogP contribution is 1.97. The number of likely N-dealkylation sites (N-methyl/N-ethyl adjacent to an activating group) is 2. The maximum atomic E-state index is 9.40. The lowest BCUT2D eigenvalue weighted by molar-refractivity contribution is -0.0962. The van der Waals surface area contributed by atoms with Crippen LogP contribution in [0, 0.1) is 0 Å². The molecule has 4 heteroatoms. The van der Waals surface area contributed by atoms with E-state index in [2.05, 4.69) is 5.32 Å². The van der Waals surface area contributed by atoms with Crippen molar-refractivity contribution in [3.8, 4) is 0 Å². The van der Waals surface area contributed by atoms with Gasteiger partial charge in [0.25, 0.3) is 0 Å². The molecule has 0 radical (unpaired) electrons. The van der Waals surface area contributed by atoms with Crippen molar-refractivity contribution in [1.29, 1.82) is 0 Å². The summed E-state index contributed by atoms with van der Waals surface area (Å²) in [5.41, 5.74) is 5.26. The fraction of sp³-hybridized carbons (Fsp3) is 1.00. The third kappa shape index (κ3) is 1.91. The summed E-state index contributed by atoms with van der Waals surface area (Å²) in [6.07, 6.45) is 0. The first-order valence-corrected chi connectivity index (χ1v) is 2.85. The number of nitrogens with zero attached hydrogens (tertiary/aromatic N) is 1. The van der Waals surface area contributed by atoms with Crippen molar-refractivity contribution in [3.63, 3.8) is 0 Å². The average molecular weight is 133 g/mol. The first kappa shape index (κ1) is 8.84. The van der Waals surface area contributed by atoms with Gasteiger partial charge in [-0.2, -0.15) is 0 Å². The number of hydrogen-bond acceptors (Lipinski definition) is 4. The minimum absolute atomic E-state index is 0.177. The van der Waals surface area contributed by atoms with Crippen LogP contribution in [0.25, 0.3) is 0 Å². The van der Waals surface area contributed by atoms with Crippen LogP contribution in [-0.4, -0.2) is 43.5 Å². The summed E-state index contributed by atoms with van der Waals surface area (Å²) in [5.74, 6) is -1.06. The van der Waals surface area contributed by atoms with E-state index in [-0.39, 0.29) is 6.54 Å². The molecule has 0 rings (SSSR count). The minimum Gasteiger partial charge on any atom is -0.362 e. The molecule has 0 aliphatic heterocycles. The molecule has 1 atom stereocenters. The SMILES string of the molecule is CN[C@](O)(CN)N(C)C. The monoisotopic (exact) mass is 133 g/mol. The van der Waals surface area contributed by atoms with Crippen LogP contribution < -0.4 is 11.1 Å². The highest BCUT2D eigenvalue weighted by molar-refractivity contribution is 4.70. The summed E-state index contributed by atoms with van der Waals surface area (Å²) in [7, 11) is 5.17. The fourth-order valence-electron chi connectivity index (χ4n) is 0.508. The topological polar surface area (TPSA) is 61.5 Å². The molecule has 9 heavy (non-hydrogen) atoms. The first-order chi connectivity index (χ1) is 4.06. The summed E-state index contributed by atoms with van der Waals surface area (Å²) in [4.78, 5) is 1.62. The lowest BCUT2D eigenvalue weighted by atomic mass is 10.4. The minimum atomic E-state index is -1.06. The Labute approximate surface area is 55.6 Å². The second-order valence-electron chi connectivity index (χ2n) is 2.17. The Morgan fingerprint density at radius 2 is 2.11 bits per heavy atom. The Kier molecular flexibility index (Phi) is 3.07. The van der Waals surface area contributed by atoms with E-state index in [1.165, 1.54) is 0 Å². The molecule has 0 amide bonds. The molecule has 4 N–H and O–H groups in total. The van der Waals surface area contributed by atoms with Gasteiger partial charge in [0.15, 0.2) is 5.85 Å². The number of hydrogen-bond donors (Lipinski definition) is 3. The molecule has 0 saturated heterocycles. The van der Waals surface area contributed by atoms with Gasteiger partial charge in [0.2, 0.25) is 0 Å². The van der Waals surface area contributed by atoms with Crippen LogP contribution in [0.5, 0.6) is 0 Å². The Morgan fingerprint density at radius 1 is 1.67 bits per heavy atom. The van der Waals surface area contributed by atoms with E-state index < -0.39 is 5.85 Å². The Balaban J connectivity index is 3.92. The van der Waals surface area contributed by atoms with E-state index in [0.717, 1.165) is 0 Å². The molecule has 0 spiro atoms. The van der Waals surface area contributed by atoms with Crippen LogP contribution in [-0.2, 0) is 0 Å². The molecule has 0 bridgehead atoms. The van der Waals surface area contributed by atoms with Crippen molar-refractivity contribution in [2.45, 2.75) is 5.85 Å². The zero-order valence-corrected chi connectivity index (χ0v) is 6.18. The second kappa shape index (κ2) is 3.12. The predicted molar refractivity (Wildman–Crippen MR) is 36.8 cm³/mol. The number of aliphatic hydroxyl groups is 1. The predicted octanol–water partition coefficient (Wildman–Crippen LogP) is -1.63. The van der Waals surface area contributed by atoms with Gasteiger partial charge in [-0.15, -0.1) is 0 Å². The molecule has 0 aliphatic carbocycles. The number of rotatable bonds is 3. The fourth-order valence-corrected chi connectivity index (χ4v) is 0.508. The van der Waals surface area contributed by atoms with E-state index in [9.17, 15) is 5.11 Å². The van der Waals surface area contributed by atoms with E-state index in [4.69, 9.17) is 5.73 Å². The molecule has 4 nitrogen and oxygen atoms in total. The summed E-state index contributed by atoms with van der Waals surface area (Å²) >= 11 is 0. The number of nitrogens with one attached hydrogen (secondary N) is 1. The van der Waals surface area contributed by atoms with Crippen LogP contribution in [0.2, 0.25) is 0 Å². The smallest absolute Gasteiger partial charge is 0.186 e. The molecule has 0 aromatic rings. The van der Waals surface area contributed by atoms with Crippen LogP contribution in [0.1, 0.15) is 0 Å². The summed E-state index contributed by atoms with van der Waals surface area (Å²) in [5, 5.41) is 12.1. The van der Waals surface area contributed by atoms with Crippen molar-refractivity contribution >= 4 is 0 Å². The van der Waals surface area contributed by atoms with E-state index in [0.29, 0.717) is 0 Å². The van der Waals surface area contributed by atoms with Crippen molar-refractivity contribution < 1.29 is 5.11 Å². The summed E-state index contributed by atoms with van der Waals surface area (Å²) in [6.45, 7) is 0.177. The zero-order valence-electron chi connectivity index (χ0n) is 6.18. The molecular weight excluding hydrogens is 118 g/mol. The number of nitrogens with two attached hydrogens (primary N) is 1. The third-order valence-electron chi connectivity index (χ3n) is 1.42. The molecular formula is C5H15N3O. The van der Waals surface area contributed by atoms with Gasteiger partial charge in [0, 0.05) is 0 Å². The molecule has 56 valence electrons. The van der Waals surface area contributed by atoms with Gasteiger partial charge in [-0.1, -0.05) is 0 Å². The summed E-state index contributed by atoms with van der Waals surface area (Å²) < 4.78 is 0. The quantitative estimate of drug-likeness (QED) is 0.405. The highest BCUT2D eigenvalue weighted by Gasteiger charge is 2.24. The van der Waals surface area contributed by atoms with Gasteiger partial charge in [0.05, 0.1) is 6.54 Å². The van der Waals surface area contributed by atoms with Crippen LogP contribution >= 0.6 is 0 Å². The lowest BCUT2D eigenvalue weighted by Gasteiger charge is -2.32. The molecule has 0 fully saturated rings. The molecule has 0 heterocycles. The van der Waals surface area contributed by atoms with Gasteiger partial charge in [-0.05, 0) is 21.1 Å². The van der Waals surface area contributed by atoms with Crippen molar-refractivity contribution in [1.82, 2.24) is 10.2 Å². The van der Waals surface area contributed by atoms with Gasteiger partial charge in [0.1, 0.15) is 0 Å². The average Bonchev–Trinajstić information content (AvgIpc) is 1.86.